The molecule has 1 N–H and O–H groups in total. The molecule has 1 aliphatic heterocycles. The van der Waals surface area contributed by atoms with E-state index < -0.39 is 11.7 Å². The second-order valence-electron chi connectivity index (χ2n) is 7.54. The third-order valence-electron chi connectivity index (χ3n) is 4.07. The number of pyridine rings is 1. The van der Waals surface area contributed by atoms with Crippen LogP contribution in [-0.2, 0) is 11.3 Å². The van der Waals surface area contributed by atoms with Gasteiger partial charge in [-0.05, 0) is 60.5 Å². The van der Waals surface area contributed by atoms with Gasteiger partial charge < -0.3 is 9.64 Å². The summed E-state index contributed by atoms with van der Waals surface area (Å²) in [4.78, 5) is 32.2. The molecule has 28 heavy (non-hydrogen) atoms. The van der Waals surface area contributed by atoms with E-state index >= 15 is 0 Å². The molecule has 8 heteroatoms. The van der Waals surface area contributed by atoms with Gasteiger partial charge in [0, 0.05) is 36.0 Å². The Hall–Kier alpha value is -2.61. The summed E-state index contributed by atoms with van der Waals surface area (Å²) in [5.74, 6) is 0. The predicted molar refractivity (Wildman–Crippen MR) is 111 cm³/mol. The SMILES string of the molecule is CC(C)(C)OC(=O)Nc1ccc(CN2CCN(c3cncc(Br)c3)C2=O)cc1. The molecule has 3 rings (SSSR count). The zero-order chi connectivity index (χ0) is 20.3. The van der Waals surface area contributed by atoms with E-state index in [1.54, 1.807) is 34.3 Å². The first-order chi connectivity index (χ1) is 13.2. The third kappa shape index (κ3) is 5.22. The van der Waals surface area contributed by atoms with E-state index in [9.17, 15) is 9.59 Å². The number of rotatable bonds is 4. The molecular formula is C20H23BrN4O3. The van der Waals surface area contributed by atoms with Crippen molar-refractivity contribution >= 4 is 39.4 Å². The van der Waals surface area contributed by atoms with E-state index in [0.717, 1.165) is 15.7 Å². The maximum atomic E-state index is 12.7. The van der Waals surface area contributed by atoms with Crippen LogP contribution in [-0.4, -0.2) is 40.7 Å². The van der Waals surface area contributed by atoms with Crippen molar-refractivity contribution in [2.75, 3.05) is 23.3 Å². The van der Waals surface area contributed by atoms with Crippen LogP contribution < -0.4 is 10.2 Å². The molecule has 1 aromatic carbocycles. The summed E-state index contributed by atoms with van der Waals surface area (Å²) < 4.78 is 6.08. The van der Waals surface area contributed by atoms with E-state index in [-0.39, 0.29) is 6.03 Å². The van der Waals surface area contributed by atoms with Crippen LogP contribution in [0.3, 0.4) is 0 Å². The van der Waals surface area contributed by atoms with E-state index in [1.807, 2.05) is 39.0 Å². The lowest BCUT2D eigenvalue weighted by Crippen LogP contribution is -2.31. The van der Waals surface area contributed by atoms with E-state index in [2.05, 4.69) is 26.2 Å². The molecule has 1 aromatic heterocycles. The fourth-order valence-electron chi connectivity index (χ4n) is 2.85. The summed E-state index contributed by atoms with van der Waals surface area (Å²) in [7, 11) is 0. The van der Waals surface area contributed by atoms with Crippen molar-refractivity contribution in [3.8, 4) is 0 Å². The largest absolute Gasteiger partial charge is 0.444 e. The van der Waals surface area contributed by atoms with Gasteiger partial charge in [-0.2, -0.15) is 0 Å². The highest BCUT2D eigenvalue weighted by Crippen LogP contribution is 2.24. The number of hydrogen-bond acceptors (Lipinski definition) is 4. The number of carbonyl (C=O) groups is 2. The number of benzene rings is 1. The van der Waals surface area contributed by atoms with E-state index in [4.69, 9.17) is 4.74 Å². The summed E-state index contributed by atoms with van der Waals surface area (Å²) in [6.07, 6.45) is 2.88. The third-order valence-corrected chi connectivity index (χ3v) is 4.50. The van der Waals surface area contributed by atoms with Crippen molar-refractivity contribution < 1.29 is 14.3 Å². The van der Waals surface area contributed by atoms with Crippen molar-refractivity contribution in [1.29, 1.82) is 0 Å². The molecule has 1 aliphatic rings. The summed E-state index contributed by atoms with van der Waals surface area (Å²) >= 11 is 3.38. The smallest absolute Gasteiger partial charge is 0.412 e. The maximum Gasteiger partial charge on any atom is 0.412 e. The number of anilines is 2. The molecule has 0 saturated carbocycles. The molecular weight excluding hydrogens is 424 g/mol. The van der Waals surface area contributed by atoms with Crippen LogP contribution in [0.1, 0.15) is 26.3 Å². The number of carbonyl (C=O) groups excluding carboxylic acids is 2. The Morgan fingerprint density at radius 3 is 2.57 bits per heavy atom. The number of halogens is 1. The van der Waals surface area contributed by atoms with Gasteiger partial charge in [0.25, 0.3) is 0 Å². The minimum atomic E-state index is -0.546. The number of aromatic nitrogens is 1. The molecule has 3 amide bonds. The first-order valence-corrected chi connectivity index (χ1v) is 9.76. The molecule has 7 nitrogen and oxygen atoms in total. The van der Waals surface area contributed by atoms with Crippen LogP contribution in [0.5, 0.6) is 0 Å². The molecule has 0 atom stereocenters. The quantitative estimate of drug-likeness (QED) is 0.742. The fourth-order valence-corrected chi connectivity index (χ4v) is 3.21. The lowest BCUT2D eigenvalue weighted by Gasteiger charge is -2.20. The Morgan fingerprint density at radius 1 is 1.21 bits per heavy atom. The Balaban J connectivity index is 1.59. The molecule has 1 fully saturated rings. The maximum absolute atomic E-state index is 12.7. The van der Waals surface area contributed by atoms with E-state index in [1.165, 1.54) is 0 Å². The standard InChI is InChI=1S/C20H23BrN4O3/c1-20(2,3)28-18(26)23-16-6-4-14(5-7-16)13-24-8-9-25(19(24)27)17-10-15(21)11-22-12-17/h4-7,10-12H,8-9,13H2,1-3H3,(H,23,26). The Bertz CT molecular complexity index is 864. The van der Waals surface area contributed by atoms with Crippen molar-refractivity contribution in [1.82, 2.24) is 9.88 Å². The predicted octanol–water partition coefficient (Wildman–Crippen LogP) is 4.63. The van der Waals surface area contributed by atoms with Crippen LogP contribution in [0.4, 0.5) is 21.0 Å². The number of amides is 3. The summed E-state index contributed by atoms with van der Waals surface area (Å²) in [5, 5.41) is 2.70. The Kier molecular flexibility index (Phi) is 5.88. The van der Waals surface area contributed by atoms with Crippen LogP contribution in [0.25, 0.3) is 0 Å². The topological polar surface area (TPSA) is 74.8 Å². The normalized spacial score (nSPS) is 14.4. The minimum absolute atomic E-state index is 0.0455. The monoisotopic (exact) mass is 446 g/mol. The zero-order valence-electron chi connectivity index (χ0n) is 16.1. The first-order valence-electron chi connectivity index (χ1n) is 8.97. The van der Waals surface area contributed by atoms with Crippen molar-refractivity contribution in [3.63, 3.8) is 0 Å². The fraction of sp³-hybridized carbons (Fsp3) is 0.350. The van der Waals surface area contributed by atoms with Gasteiger partial charge in [0.15, 0.2) is 0 Å². The van der Waals surface area contributed by atoms with Gasteiger partial charge in [-0.3, -0.25) is 15.2 Å². The second-order valence-corrected chi connectivity index (χ2v) is 8.46. The Morgan fingerprint density at radius 2 is 1.93 bits per heavy atom. The van der Waals surface area contributed by atoms with E-state index in [0.29, 0.717) is 25.3 Å². The summed E-state index contributed by atoms with van der Waals surface area (Å²) in [6.45, 7) is 7.21. The highest BCUT2D eigenvalue weighted by atomic mass is 79.9. The molecule has 1 saturated heterocycles. The minimum Gasteiger partial charge on any atom is -0.444 e. The number of hydrogen-bond donors (Lipinski definition) is 1. The van der Waals surface area contributed by atoms with Gasteiger partial charge in [-0.25, -0.2) is 9.59 Å². The number of ether oxygens (including phenoxy) is 1. The van der Waals surface area contributed by atoms with Crippen LogP contribution >= 0.6 is 15.9 Å². The van der Waals surface area contributed by atoms with Crippen molar-refractivity contribution in [2.45, 2.75) is 32.9 Å². The van der Waals surface area contributed by atoms with Gasteiger partial charge in [-0.1, -0.05) is 12.1 Å². The number of urea groups is 1. The molecule has 2 aromatic rings. The lowest BCUT2D eigenvalue weighted by molar-refractivity contribution is 0.0636. The van der Waals surface area contributed by atoms with Gasteiger partial charge >= 0.3 is 12.1 Å². The average molecular weight is 447 g/mol. The van der Waals surface area contributed by atoms with Gasteiger partial charge in [0.05, 0.1) is 11.9 Å². The van der Waals surface area contributed by atoms with Crippen LogP contribution in [0.2, 0.25) is 0 Å². The number of nitrogens with one attached hydrogen (secondary N) is 1. The Labute approximate surface area is 172 Å². The van der Waals surface area contributed by atoms with Crippen molar-refractivity contribution in [3.05, 3.63) is 52.8 Å². The molecule has 148 valence electrons. The molecule has 2 heterocycles. The highest BCUT2D eigenvalue weighted by Gasteiger charge is 2.29. The lowest BCUT2D eigenvalue weighted by atomic mass is 10.2. The highest BCUT2D eigenvalue weighted by molar-refractivity contribution is 9.10. The number of nitrogens with zero attached hydrogens (tertiary/aromatic N) is 3. The molecule has 0 radical (unpaired) electrons. The van der Waals surface area contributed by atoms with Crippen molar-refractivity contribution in [2.24, 2.45) is 0 Å². The average Bonchev–Trinajstić information content (AvgIpc) is 2.95. The zero-order valence-corrected chi connectivity index (χ0v) is 17.7. The second kappa shape index (κ2) is 8.18. The first kappa shape index (κ1) is 20.1. The summed E-state index contributed by atoms with van der Waals surface area (Å²) in [6, 6.07) is 9.22. The molecule has 0 bridgehead atoms. The molecule has 0 unspecified atom stereocenters. The van der Waals surface area contributed by atoms with Gasteiger partial charge in [0.1, 0.15) is 5.60 Å². The molecule has 0 aliphatic carbocycles. The summed E-state index contributed by atoms with van der Waals surface area (Å²) in [5.41, 5.74) is 1.86. The van der Waals surface area contributed by atoms with Crippen LogP contribution in [0.15, 0.2) is 47.2 Å². The van der Waals surface area contributed by atoms with Gasteiger partial charge in [-0.15, -0.1) is 0 Å². The molecule has 0 spiro atoms. The van der Waals surface area contributed by atoms with Gasteiger partial charge in [0.2, 0.25) is 0 Å². The van der Waals surface area contributed by atoms with Crippen LogP contribution in [0, 0.1) is 0 Å².